The van der Waals surface area contributed by atoms with Crippen LogP contribution in [0, 0.1) is 18.7 Å². The van der Waals surface area contributed by atoms with Gasteiger partial charge in [-0.15, -0.1) is 12.4 Å². The van der Waals surface area contributed by atoms with Gasteiger partial charge in [0.1, 0.15) is 5.82 Å². The molecule has 3 N–H and O–H groups in total. The van der Waals surface area contributed by atoms with Gasteiger partial charge in [-0.3, -0.25) is 4.79 Å². The molecule has 1 aromatic carbocycles. The lowest BCUT2D eigenvalue weighted by molar-refractivity contribution is -0.119. The fourth-order valence-electron chi connectivity index (χ4n) is 2.27. The Morgan fingerprint density at radius 2 is 2.10 bits per heavy atom. The zero-order valence-electron chi connectivity index (χ0n) is 11.4. The molecule has 2 rings (SSSR count). The minimum Gasteiger partial charge on any atom is -0.381 e. The van der Waals surface area contributed by atoms with Gasteiger partial charge in [-0.25, -0.2) is 4.39 Å². The third-order valence-electron chi connectivity index (χ3n) is 3.52. The highest BCUT2D eigenvalue weighted by Crippen LogP contribution is 2.20. The SMILES string of the molecule is Cc1cc(F)ccc1NC(=O)C(N)C1CCOCC1.Cl. The molecule has 1 aromatic rings. The second kappa shape index (κ2) is 7.57. The average molecular weight is 303 g/mol. The van der Waals surface area contributed by atoms with Crippen molar-refractivity contribution < 1.29 is 13.9 Å². The van der Waals surface area contributed by atoms with Crippen LogP contribution in [0.15, 0.2) is 18.2 Å². The number of ether oxygens (including phenoxy) is 1. The lowest BCUT2D eigenvalue weighted by Gasteiger charge is -2.26. The number of benzene rings is 1. The first-order valence-electron chi connectivity index (χ1n) is 6.48. The van der Waals surface area contributed by atoms with Crippen molar-refractivity contribution in [1.29, 1.82) is 0 Å². The minimum absolute atomic E-state index is 0. The summed E-state index contributed by atoms with van der Waals surface area (Å²) in [5.41, 5.74) is 7.27. The molecule has 6 heteroatoms. The van der Waals surface area contributed by atoms with Crippen LogP contribution in [-0.4, -0.2) is 25.2 Å². The number of amides is 1. The lowest BCUT2D eigenvalue weighted by Crippen LogP contribution is -2.44. The van der Waals surface area contributed by atoms with Crippen molar-refractivity contribution in [3.63, 3.8) is 0 Å². The third-order valence-corrected chi connectivity index (χ3v) is 3.52. The monoisotopic (exact) mass is 302 g/mol. The maximum Gasteiger partial charge on any atom is 0.241 e. The Balaban J connectivity index is 0.00000200. The quantitative estimate of drug-likeness (QED) is 0.900. The van der Waals surface area contributed by atoms with E-state index in [0.29, 0.717) is 24.5 Å². The molecule has 1 aliphatic rings. The molecule has 1 amide bonds. The van der Waals surface area contributed by atoms with Crippen LogP contribution in [0.1, 0.15) is 18.4 Å². The molecule has 20 heavy (non-hydrogen) atoms. The Hall–Kier alpha value is -1.17. The molecule has 0 aliphatic carbocycles. The number of aryl methyl sites for hydroxylation is 1. The van der Waals surface area contributed by atoms with Crippen LogP contribution in [0.5, 0.6) is 0 Å². The highest BCUT2D eigenvalue weighted by atomic mass is 35.5. The topological polar surface area (TPSA) is 64.4 Å². The number of nitrogens with one attached hydrogen (secondary N) is 1. The zero-order chi connectivity index (χ0) is 13.8. The molecule has 1 aliphatic heterocycles. The number of hydrogen-bond acceptors (Lipinski definition) is 3. The van der Waals surface area contributed by atoms with E-state index >= 15 is 0 Å². The first-order valence-corrected chi connectivity index (χ1v) is 6.48. The Kier molecular flexibility index (Phi) is 6.39. The molecular formula is C14H20ClFN2O2. The standard InChI is InChI=1S/C14H19FN2O2.ClH/c1-9-8-11(15)2-3-12(9)17-14(18)13(16)10-4-6-19-7-5-10;/h2-3,8,10,13H,4-7,16H2,1H3,(H,17,18);1H. The summed E-state index contributed by atoms with van der Waals surface area (Å²) in [6.07, 6.45) is 1.61. The van der Waals surface area contributed by atoms with E-state index in [0.717, 1.165) is 12.8 Å². The van der Waals surface area contributed by atoms with E-state index in [1.807, 2.05) is 0 Å². The van der Waals surface area contributed by atoms with Crippen LogP contribution in [0.4, 0.5) is 10.1 Å². The van der Waals surface area contributed by atoms with Crippen LogP contribution < -0.4 is 11.1 Å². The van der Waals surface area contributed by atoms with Crippen LogP contribution in [0.3, 0.4) is 0 Å². The normalized spacial score (nSPS) is 17.1. The predicted octanol–water partition coefficient (Wildman–Crippen LogP) is 2.25. The molecule has 4 nitrogen and oxygen atoms in total. The Morgan fingerprint density at radius 3 is 2.70 bits per heavy atom. The molecular weight excluding hydrogens is 283 g/mol. The molecule has 1 fully saturated rings. The highest BCUT2D eigenvalue weighted by Gasteiger charge is 2.26. The van der Waals surface area contributed by atoms with Crippen molar-refractivity contribution in [2.24, 2.45) is 11.7 Å². The van der Waals surface area contributed by atoms with Gasteiger partial charge in [-0.2, -0.15) is 0 Å². The Bertz CT molecular complexity index is 464. The third kappa shape index (κ3) is 4.16. The number of rotatable bonds is 3. The summed E-state index contributed by atoms with van der Waals surface area (Å²) in [4.78, 5) is 12.1. The Morgan fingerprint density at radius 1 is 1.45 bits per heavy atom. The molecule has 1 saturated heterocycles. The van der Waals surface area contributed by atoms with E-state index in [9.17, 15) is 9.18 Å². The summed E-state index contributed by atoms with van der Waals surface area (Å²) in [5, 5.41) is 2.76. The van der Waals surface area contributed by atoms with Gasteiger partial charge < -0.3 is 15.8 Å². The summed E-state index contributed by atoms with van der Waals surface area (Å²) in [6.45, 7) is 3.06. The van der Waals surface area contributed by atoms with Gasteiger partial charge >= 0.3 is 0 Å². The van der Waals surface area contributed by atoms with Gasteiger partial charge in [0.2, 0.25) is 5.91 Å². The number of carbonyl (C=O) groups excluding carboxylic acids is 1. The molecule has 1 atom stereocenters. The van der Waals surface area contributed by atoms with E-state index in [2.05, 4.69) is 5.32 Å². The maximum absolute atomic E-state index is 13.0. The van der Waals surface area contributed by atoms with E-state index in [-0.39, 0.29) is 30.0 Å². The number of nitrogens with two attached hydrogens (primary N) is 1. The first-order chi connectivity index (χ1) is 9.08. The van der Waals surface area contributed by atoms with E-state index in [1.165, 1.54) is 12.1 Å². The fraction of sp³-hybridized carbons (Fsp3) is 0.500. The second-order valence-corrected chi connectivity index (χ2v) is 4.92. The van der Waals surface area contributed by atoms with Gasteiger partial charge in [0.05, 0.1) is 6.04 Å². The minimum atomic E-state index is -0.548. The van der Waals surface area contributed by atoms with Crippen molar-refractivity contribution in [1.82, 2.24) is 0 Å². The van der Waals surface area contributed by atoms with Crippen molar-refractivity contribution in [3.05, 3.63) is 29.6 Å². The Labute approximate surface area is 124 Å². The zero-order valence-corrected chi connectivity index (χ0v) is 12.2. The van der Waals surface area contributed by atoms with E-state index < -0.39 is 6.04 Å². The second-order valence-electron chi connectivity index (χ2n) is 4.92. The maximum atomic E-state index is 13.0. The predicted molar refractivity (Wildman–Crippen MR) is 78.5 cm³/mol. The van der Waals surface area contributed by atoms with Gasteiger partial charge in [-0.05, 0) is 49.4 Å². The van der Waals surface area contributed by atoms with Crippen LogP contribution in [-0.2, 0) is 9.53 Å². The number of carbonyl (C=O) groups is 1. The number of anilines is 1. The van der Waals surface area contributed by atoms with Crippen LogP contribution >= 0.6 is 12.4 Å². The molecule has 0 aromatic heterocycles. The fourth-order valence-corrected chi connectivity index (χ4v) is 2.27. The summed E-state index contributed by atoms with van der Waals surface area (Å²) < 4.78 is 18.2. The largest absolute Gasteiger partial charge is 0.381 e. The van der Waals surface area contributed by atoms with E-state index in [1.54, 1.807) is 13.0 Å². The van der Waals surface area contributed by atoms with E-state index in [4.69, 9.17) is 10.5 Å². The summed E-state index contributed by atoms with van der Waals surface area (Å²) >= 11 is 0. The highest BCUT2D eigenvalue weighted by molar-refractivity contribution is 5.95. The lowest BCUT2D eigenvalue weighted by atomic mass is 9.92. The summed E-state index contributed by atoms with van der Waals surface area (Å²) in [7, 11) is 0. The summed E-state index contributed by atoms with van der Waals surface area (Å²) in [6, 6.07) is 3.71. The van der Waals surface area contributed by atoms with Crippen molar-refractivity contribution in [2.45, 2.75) is 25.8 Å². The van der Waals surface area contributed by atoms with Crippen LogP contribution in [0.25, 0.3) is 0 Å². The first kappa shape index (κ1) is 16.9. The van der Waals surface area contributed by atoms with Crippen molar-refractivity contribution in [2.75, 3.05) is 18.5 Å². The van der Waals surface area contributed by atoms with Gasteiger partial charge in [-0.1, -0.05) is 0 Å². The molecule has 0 radical (unpaired) electrons. The molecule has 0 saturated carbocycles. The smallest absolute Gasteiger partial charge is 0.241 e. The van der Waals surface area contributed by atoms with Gasteiger partial charge in [0, 0.05) is 18.9 Å². The van der Waals surface area contributed by atoms with Crippen LogP contribution in [0.2, 0.25) is 0 Å². The van der Waals surface area contributed by atoms with Gasteiger partial charge in [0.15, 0.2) is 0 Å². The molecule has 112 valence electrons. The summed E-state index contributed by atoms with van der Waals surface area (Å²) in [5.74, 6) is -0.389. The molecule has 1 heterocycles. The molecule has 0 spiro atoms. The molecule has 0 bridgehead atoms. The van der Waals surface area contributed by atoms with Crippen molar-refractivity contribution in [3.8, 4) is 0 Å². The number of halogens is 2. The van der Waals surface area contributed by atoms with Crippen molar-refractivity contribution >= 4 is 24.0 Å². The average Bonchev–Trinajstić information content (AvgIpc) is 2.42. The number of hydrogen-bond donors (Lipinski definition) is 2. The van der Waals surface area contributed by atoms with Gasteiger partial charge in [0.25, 0.3) is 0 Å². The molecule has 1 unspecified atom stereocenters.